The van der Waals surface area contributed by atoms with E-state index in [1.807, 2.05) is 6.07 Å². The average Bonchev–Trinajstić information content (AvgIpc) is 2.91. The Morgan fingerprint density at radius 3 is 2.31 bits per heavy atom. The van der Waals surface area contributed by atoms with E-state index >= 15 is 0 Å². The zero-order valence-electron chi connectivity index (χ0n) is 16.4. The van der Waals surface area contributed by atoms with Gasteiger partial charge in [0.05, 0.1) is 11.4 Å². The molecule has 0 saturated heterocycles. The SMILES string of the molecule is CCCCCCCCCc1c(N=C=O)cc2c(c1N=C=O)C(C)(C)CC2. The summed E-state index contributed by atoms with van der Waals surface area (Å²) < 4.78 is 0. The van der Waals surface area contributed by atoms with Crippen LogP contribution in [0.1, 0.15) is 88.8 Å². The topological polar surface area (TPSA) is 58.9 Å². The van der Waals surface area contributed by atoms with Crippen LogP contribution in [0.4, 0.5) is 11.4 Å². The normalized spacial score (nSPS) is 14.4. The summed E-state index contributed by atoms with van der Waals surface area (Å²) in [7, 11) is 0. The molecule has 140 valence electrons. The summed E-state index contributed by atoms with van der Waals surface area (Å²) in [6, 6.07) is 2.00. The van der Waals surface area contributed by atoms with Gasteiger partial charge in [0, 0.05) is 5.56 Å². The highest BCUT2D eigenvalue weighted by atomic mass is 16.1. The molecule has 0 atom stereocenters. The van der Waals surface area contributed by atoms with E-state index in [2.05, 4.69) is 30.8 Å². The zero-order chi connectivity index (χ0) is 19.0. The van der Waals surface area contributed by atoms with Crippen LogP contribution < -0.4 is 0 Å². The lowest BCUT2D eigenvalue weighted by atomic mass is 9.83. The largest absolute Gasteiger partial charge is 0.240 e. The Kier molecular flexibility index (Phi) is 7.50. The number of carbonyl (C=O) groups excluding carboxylic acids is 2. The van der Waals surface area contributed by atoms with Crippen LogP contribution in [0, 0.1) is 0 Å². The number of aliphatic imine (C=N–C) groups is 2. The van der Waals surface area contributed by atoms with Crippen molar-refractivity contribution in [3.63, 3.8) is 0 Å². The number of hydrogen-bond acceptors (Lipinski definition) is 4. The molecule has 0 saturated carbocycles. The summed E-state index contributed by atoms with van der Waals surface area (Å²) in [6.07, 6.45) is 14.6. The number of isocyanates is 2. The quantitative estimate of drug-likeness (QED) is 0.288. The van der Waals surface area contributed by atoms with Crippen molar-refractivity contribution >= 4 is 23.5 Å². The van der Waals surface area contributed by atoms with Crippen LogP contribution in [0.3, 0.4) is 0 Å². The van der Waals surface area contributed by atoms with Gasteiger partial charge in [-0.05, 0) is 48.3 Å². The van der Waals surface area contributed by atoms with Gasteiger partial charge in [0.25, 0.3) is 0 Å². The molecule has 1 aliphatic rings. The maximum Gasteiger partial charge on any atom is 0.240 e. The van der Waals surface area contributed by atoms with Gasteiger partial charge >= 0.3 is 0 Å². The van der Waals surface area contributed by atoms with E-state index in [0.29, 0.717) is 11.4 Å². The maximum atomic E-state index is 11.1. The number of nitrogens with zero attached hydrogens (tertiary/aromatic N) is 2. The van der Waals surface area contributed by atoms with Crippen LogP contribution >= 0.6 is 0 Å². The van der Waals surface area contributed by atoms with Gasteiger partial charge in [0.1, 0.15) is 0 Å². The highest BCUT2D eigenvalue weighted by Gasteiger charge is 2.34. The fourth-order valence-corrected chi connectivity index (χ4v) is 4.10. The molecular weight excluding hydrogens is 324 g/mol. The second-order valence-corrected chi connectivity index (χ2v) is 7.92. The van der Waals surface area contributed by atoms with Crippen molar-refractivity contribution in [2.24, 2.45) is 9.98 Å². The van der Waals surface area contributed by atoms with Crippen LogP contribution in [-0.4, -0.2) is 12.2 Å². The second kappa shape index (κ2) is 9.62. The first-order chi connectivity index (χ1) is 12.5. The molecule has 1 aromatic rings. The third-order valence-corrected chi connectivity index (χ3v) is 5.51. The molecular formula is C22H30N2O2. The van der Waals surface area contributed by atoms with Gasteiger partial charge in [-0.2, -0.15) is 9.98 Å². The Bertz CT molecular complexity index is 724. The summed E-state index contributed by atoms with van der Waals surface area (Å²) in [5, 5.41) is 0. The van der Waals surface area contributed by atoms with Crippen molar-refractivity contribution in [1.82, 2.24) is 0 Å². The fraction of sp³-hybridized carbons (Fsp3) is 0.636. The molecule has 26 heavy (non-hydrogen) atoms. The lowest BCUT2D eigenvalue weighted by Crippen LogP contribution is -2.13. The van der Waals surface area contributed by atoms with E-state index in [0.717, 1.165) is 48.8 Å². The van der Waals surface area contributed by atoms with Crippen LogP contribution in [0.2, 0.25) is 0 Å². The molecule has 0 N–H and O–H groups in total. The molecule has 0 unspecified atom stereocenters. The number of unbranched alkanes of at least 4 members (excludes halogenated alkanes) is 6. The van der Waals surface area contributed by atoms with Crippen molar-refractivity contribution in [3.8, 4) is 0 Å². The van der Waals surface area contributed by atoms with E-state index in [4.69, 9.17) is 0 Å². The number of benzene rings is 1. The van der Waals surface area contributed by atoms with E-state index in [9.17, 15) is 9.59 Å². The molecule has 0 aliphatic heterocycles. The van der Waals surface area contributed by atoms with Gasteiger partial charge in [-0.15, -0.1) is 0 Å². The van der Waals surface area contributed by atoms with Gasteiger partial charge in [-0.1, -0.05) is 59.3 Å². The Hall–Kier alpha value is -2.02. The Morgan fingerprint density at radius 1 is 1.00 bits per heavy atom. The smallest absolute Gasteiger partial charge is 0.211 e. The molecule has 0 heterocycles. The molecule has 0 aromatic heterocycles. The Balaban J connectivity index is 2.25. The third kappa shape index (κ3) is 4.78. The lowest BCUT2D eigenvalue weighted by Gasteiger charge is -2.23. The Morgan fingerprint density at radius 2 is 1.65 bits per heavy atom. The van der Waals surface area contributed by atoms with Crippen molar-refractivity contribution in [2.45, 2.75) is 90.4 Å². The van der Waals surface area contributed by atoms with Gasteiger partial charge < -0.3 is 0 Å². The number of aryl methyl sites for hydroxylation is 1. The summed E-state index contributed by atoms with van der Waals surface area (Å²) in [5.41, 5.74) is 4.46. The minimum atomic E-state index is -0.0245. The molecule has 0 bridgehead atoms. The second-order valence-electron chi connectivity index (χ2n) is 7.92. The summed E-state index contributed by atoms with van der Waals surface area (Å²) in [5.74, 6) is 0. The molecule has 2 rings (SSSR count). The van der Waals surface area contributed by atoms with Crippen molar-refractivity contribution in [1.29, 1.82) is 0 Å². The molecule has 0 fully saturated rings. The standard InChI is InChI=1S/C22H30N2O2/c1-4-5-6-7-8-9-10-11-18-19(23-15-25)14-17-12-13-22(2,3)20(17)21(18)24-16-26/h14H,4-13H2,1-3H3. The lowest BCUT2D eigenvalue weighted by molar-refractivity contribution is 0.522. The molecule has 4 heteroatoms. The average molecular weight is 354 g/mol. The molecule has 1 aromatic carbocycles. The maximum absolute atomic E-state index is 11.1. The number of fused-ring (bicyclic) bond motifs is 1. The highest BCUT2D eigenvalue weighted by molar-refractivity contribution is 5.73. The van der Waals surface area contributed by atoms with Crippen LogP contribution in [0.5, 0.6) is 0 Å². The molecule has 0 spiro atoms. The minimum Gasteiger partial charge on any atom is -0.211 e. The van der Waals surface area contributed by atoms with Crippen molar-refractivity contribution < 1.29 is 9.59 Å². The first-order valence-electron chi connectivity index (χ1n) is 9.90. The Labute approximate surface area is 156 Å². The van der Waals surface area contributed by atoms with Gasteiger partial charge in [-0.25, -0.2) is 9.59 Å². The van der Waals surface area contributed by atoms with Crippen LogP contribution in [0.25, 0.3) is 0 Å². The molecule has 0 amide bonds. The van der Waals surface area contributed by atoms with Gasteiger partial charge in [0.2, 0.25) is 12.2 Å². The van der Waals surface area contributed by atoms with Crippen molar-refractivity contribution in [2.75, 3.05) is 0 Å². The summed E-state index contributed by atoms with van der Waals surface area (Å²) >= 11 is 0. The first-order valence-corrected chi connectivity index (χ1v) is 9.90. The van der Waals surface area contributed by atoms with Gasteiger partial charge in [0.15, 0.2) is 0 Å². The number of rotatable bonds is 10. The van der Waals surface area contributed by atoms with E-state index in [1.54, 1.807) is 12.2 Å². The molecule has 0 radical (unpaired) electrons. The monoisotopic (exact) mass is 354 g/mol. The van der Waals surface area contributed by atoms with E-state index in [1.165, 1.54) is 32.1 Å². The first kappa shape index (κ1) is 20.3. The number of hydrogen-bond donors (Lipinski definition) is 0. The summed E-state index contributed by atoms with van der Waals surface area (Å²) in [4.78, 5) is 30.0. The van der Waals surface area contributed by atoms with Gasteiger partial charge in [-0.3, -0.25) is 0 Å². The zero-order valence-corrected chi connectivity index (χ0v) is 16.4. The third-order valence-electron chi connectivity index (χ3n) is 5.51. The van der Waals surface area contributed by atoms with E-state index in [-0.39, 0.29) is 5.41 Å². The molecule has 4 nitrogen and oxygen atoms in total. The van der Waals surface area contributed by atoms with E-state index < -0.39 is 0 Å². The van der Waals surface area contributed by atoms with Crippen LogP contribution in [0.15, 0.2) is 16.1 Å². The highest BCUT2D eigenvalue weighted by Crippen LogP contribution is 2.48. The predicted octanol–water partition coefficient (Wildman–Crippen LogP) is 6.14. The minimum absolute atomic E-state index is 0.0245. The molecule has 1 aliphatic carbocycles. The van der Waals surface area contributed by atoms with Crippen molar-refractivity contribution in [3.05, 3.63) is 22.8 Å². The summed E-state index contributed by atoms with van der Waals surface area (Å²) in [6.45, 7) is 6.59. The predicted molar refractivity (Wildman–Crippen MR) is 105 cm³/mol. The van der Waals surface area contributed by atoms with Crippen LogP contribution in [-0.2, 0) is 27.8 Å². The fourth-order valence-electron chi connectivity index (χ4n) is 4.10.